The molecular formula is C21H29F2N3O4S. The van der Waals surface area contributed by atoms with Crippen LogP contribution in [0.2, 0.25) is 0 Å². The van der Waals surface area contributed by atoms with Crippen molar-refractivity contribution < 1.29 is 26.8 Å². The Morgan fingerprint density at radius 2 is 1.55 bits per heavy atom. The van der Waals surface area contributed by atoms with Crippen molar-refractivity contribution in [2.45, 2.75) is 38.5 Å². The summed E-state index contributed by atoms with van der Waals surface area (Å²) in [6.45, 7) is 6.71. The van der Waals surface area contributed by atoms with E-state index in [1.807, 2.05) is 20.8 Å². The number of rotatable bonds is 3. The third kappa shape index (κ3) is 4.90. The number of piperidine rings is 1. The van der Waals surface area contributed by atoms with Crippen LogP contribution < -0.4 is 0 Å². The number of amides is 2. The van der Waals surface area contributed by atoms with Gasteiger partial charge in [0.2, 0.25) is 21.8 Å². The van der Waals surface area contributed by atoms with Gasteiger partial charge in [-0.25, -0.2) is 17.2 Å². The van der Waals surface area contributed by atoms with Gasteiger partial charge in [-0.1, -0.05) is 26.8 Å². The van der Waals surface area contributed by atoms with E-state index >= 15 is 0 Å². The minimum Gasteiger partial charge on any atom is -0.341 e. The molecule has 2 heterocycles. The second-order valence-electron chi connectivity index (χ2n) is 9.12. The molecule has 2 fully saturated rings. The molecule has 2 saturated heterocycles. The average Bonchev–Trinajstić information content (AvgIpc) is 2.72. The fourth-order valence-electron chi connectivity index (χ4n) is 4.10. The number of sulfonamides is 1. The molecule has 2 amide bonds. The van der Waals surface area contributed by atoms with E-state index < -0.39 is 32.0 Å². The first-order valence-corrected chi connectivity index (χ1v) is 11.9. The smallest absolute Gasteiger partial charge is 0.249 e. The lowest BCUT2D eigenvalue weighted by molar-refractivity contribution is -0.145. The van der Waals surface area contributed by atoms with Gasteiger partial charge in [0.05, 0.1) is 5.92 Å². The number of nitrogens with zero attached hydrogens (tertiary/aromatic N) is 3. The summed E-state index contributed by atoms with van der Waals surface area (Å²) in [6, 6.07) is 2.92. The van der Waals surface area contributed by atoms with E-state index in [4.69, 9.17) is 0 Å². The number of benzene rings is 1. The summed E-state index contributed by atoms with van der Waals surface area (Å²) in [4.78, 5) is 27.9. The number of halogens is 2. The van der Waals surface area contributed by atoms with Crippen molar-refractivity contribution in [2.24, 2.45) is 11.3 Å². The van der Waals surface area contributed by atoms with Crippen molar-refractivity contribution >= 4 is 21.8 Å². The molecule has 2 aliphatic heterocycles. The quantitative estimate of drug-likeness (QED) is 0.696. The van der Waals surface area contributed by atoms with Gasteiger partial charge in [-0.3, -0.25) is 9.59 Å². The van der Waals surface area contributed by atoms with Crippen molar-refractivity contribution in [3.63, 3.8) is 0 Å². The lowest BCUT2D eigenvalue weighted by Crippen LogP contribution is -2.54. The number of hydrogen-bond donors (Lipinski definition) is 0. The maximum Gasteiger partial charge on any atom is 0.249 e. The van der Waals surface area contributed by atoms with Gasteiger partial charge in [-0.2, -0.15) is 4.31 Å². The molecule has 0 spiro atoms. The van der Waals surface area contributed by atoms with Crippen molar-refractivity contribution in [1.29, 1.82) is 0 Å². The highest BCUT2D eigenvalue weighted by Crippen LogP contribution is 2.27. The molecular weight excluding hydrogens is 428 g/mol. The largest absolute Gasteiger partial charge is 0.341 e. The summed E-state index contributed by atoms with van der Waals surface area (Å²) in [5, 5.41) is 0. The molecule has 31 heavy (non-hydrogen) atoms. The minimum absolute atomic E-state index is 0.00725. The van der Waals surface area contributed by atoms with E-state index in [-0.39, 0.29) is 43.9 Å². The summed E-state index contributed by atoms with van der Waals surface area (Å²) in [5.41, 5.74) is -0.521. The van der Waals surface area contributed by atoms with Crippen LogP contribution in [-0.4, -0.2) is 73.6 Å². The Hall–Kier alpha value is -2.07. The molecule has 1 atom stereocenters. The van der Waals surface area contributed by atoms with Gasteiger partial charge >= 0.3 is 0 Å². The van der Waals surface area contributed by atoms with Crippen molar-refractivity contribution in [3.8, 4) is 0 Å². The average molecular weight is 458 g/mol. The van der Waals surface area contributed by atoms with E-state index in [1.54, 1.807) is 9.80 Å². The summed E-state index contributed by atoms with van der Waals surface area (Å²) in [6.07, 6.45) is 1.41. The first-order valence-electron chi connectivity index (χ1n) is 10.5. The third-order valence-corrected chi connectivity index (χ3v) is 7.72. The van der Waals surface area contributed by atoms with Crippen LogP contribution in [0.1, 0.15) is 33.6 Å². The molecule has 10 heteroatoms. The molecule has 3 rings (SSSR count). The van der Waals surface area contributed by atoms with Crippen LogP contribution in [0.5, 0.6) is 0 Å². The Morgan fingerprint density at radius 3 is 2.10 bits per heavy atom. The molecule has 7 nitrogen and oxygen atoms in total. The van der Waals surface area contributed by atoms with Gasteiger partial charge in [0, 0.05) is 44.7 Å². The third-order valence-electron chi connectivity index (χ3n) is 5.77. The zero-order valence-corrected chi connectivity index (χ0v) is 18.9. The predicted molar refractivity (Wildman–Crippen MR) is 110 cm³/mol. The summed E-state index contributed by atoms with van der Waals surface area (Å²) in [7, 11) is -4.34. The second kappa shape index (κ2) is 8.82. The first-order chi connectivity index (χ1) is 14.4. The van der Waals surface area contributed by atoms with Crippen LogP contribution in [0.4, 0.5) is 8.78 Å². The summed E-state index contributed by atoms with van der Waals surface area (Å²) < 4.78 is 54.4. The maximum absolute atomic E-state index is 14.0. The van der Waals surface area contributed by atoms with Crippen molar-refractivity contribution in [1.82, 2.24) is 14.1 Å². The van der Waals surface area contributed by atoms with E-state index in [1.165, 1.54) is 0 Å². The Bertz CT molecular complexity index is 934. The predicted octanol–water partition coefficient (Wildman–Crippen LogP) is 2.08. The van der Waals surface area contributed by atoms with Gasteiger partial charge in [0.25, 0.3) is 0 Å². The number of likely N-dealkylation sites (tertiary alicyclic amines) is 1. The lowest BCUT2D eigenvalue weighted by Gasteiger charge is -2.39. The summed E-state index contributed by atoms with van der Waals surface area (Å²) in [5.74, 6) is -2.70. The highest BCUT2D eigenvalue weighted by molar-refractivity contribution is 7.89. The maximum atomic E-state index is 14.0. The molecule has 0 saturated carbocycles. The standard InChI is InChI=1S/C21H29F2N3O4S/c1-21(2,3)20(28)25-9-5-6-15(14-25)19(27)24-10-12-26(13-11-24)31(29,30)18-16(22)7-4-8-17(18)23/h4,7-8,15H,5-6,9-14H2,1-3H3. The SMILES string of the molecule is CC(C)(C)C(=O)N1CCCC(C(=O)N2CCN(S(=O)(=O)c3c(F)cccc3F)CC2)C1. The Balaban J connectivity index is 1.64. The molecule has 0 radical (unpaired) electrons. The van der Waals surface area contributed by atoms with Crippen LogP contribution in [0.25, 0.3) is 0 Å². The summed E-state index contributed by atoms with van der Waals surface area (Å²) >= 11 is 0. The van der Waals surface area contributed by atoms with Gasteiger partial charge < -0.3 is 9.80 Å². The van der Waals surface area contributed by atoms with Gasteiger partial charge in [-0.15, -0.1) is 0 Å². The van der Waals surface area contributed by atoms with Crippen LogP contribution in [-0.2, 0) is 19.6 Å². The topological polar surface area (TPSA) is 78.0 Å². The van der Waals surface area contributed by atoms with Crippen LogP contribution >= 0.6 is 0 Å². The molecule has 1 aromatic rings. The lowest BCUT2D eigenvalue weighted by atomic mass is 9.90. The molecule has 0 N–H and O–H groups in total. The van der Waals surface area contributed by atoms with Gasteiger partial charge in [0.15, 0.2) is 4.90 Å². The van der Waals surface area contributed by atoms with Crippen molar-refractivity contribution in [2.75, 3.05) is 39.3 Å². The molecule has 172 valence electrons. The van der Waals surface area contributed by atoms with E-state index in [0.717, 1.165) is 28.9 Å². The van der Waals surface area contributed by atoms with E-state index in [2.05, 4.69) is 0 Å². The Kier molecular flexibility index (Phi) is 6.71. The number of carbonyl (C=O) groups is 2. The minimum atomic E-state index is -4.34. The monoisotopic (exact) mass is 457 g/mol. The van der Waals surface area contributed by atoms with Crippen molar-refractivity contribution in [3.05, 3.63) is 29.8 Å². The van der Waals surface area contributed by atoms with Gasteiger partial charge in [-0.05, 0) is 25.0 Å². The Morgan fingerprint density at radius 1 is 0.968 bits per heavy atom. The Labute approximate surface area is 182 Å². The number of carbonyl (C=O) groups excluding carboxylic acids is 2. The molecule has 0 bridgehead atoms. The molecule has 2 aliphatic rings. The molecule has 1 aromatic carbocycles. The van der Waals surface area contributed by atoms with E-state index in [0.29, 0.717) is 19.5 Å². The molecule has 0 aliphatic carbocycles. The second-order valence-corrected chi connectivity index (χ2v) is 11.0. The highest BCUT2D eigenvalue weighted by Gasteiger charge is 2.38. The molecule has 1 unspecified atom stereocenters. The van der Waals surface area contributed by atoms with Crippen LogP contribution in [0.3, 0.4) is 0 Å². The zero-order chi connectivity index (χ0) is 23.0. The fraction of sp³-hybridized carbons (Fsp3) is 0.619. The van der Waals surface area contributed by atoms with Crippen LogP contribution in [0.15, 0.2) is 23.1 Å². The normalized spacial score (nSPS) is 21.3. The fourth-order valence-corrected chi connectivity index (χ4v) is 5.63. The highest BCUT2D eigenvalue weighted by atomic mass is 32.2. The van der Waals surface area contributed by atoms with Crippen LogP contribution in [0, 0.1) is 23.0 Å². The number of piperazine rings is 1. The number of hydrogen-bond acceptors (Lipinski definition) is 4. The van der Waals surface area contributed by atoms with E-state index in [9.17, 15) is 26.8 Å². The van der Waals surface area contributed by atoms with Gasteiger partial charge in [0.1, 0.15) is 11.6 Å². The first kappa shape index (κ1) is 23.6. The zero-order valence-electron chi connectivity index (χ0n) is 18.1. The molecule has 0 aromatic heterocycles.